The quantitative estimate of drug-likeness (QED) is 0.187. The standard InChI is InChI=1S/C34H33NO13/c1-43-20-11-15(7-9-36)22-18-13-45-28-23(26(18)46-29(22)27(20)44-2)17(14-4-3-5-16(37)10-14)12-19-24(28)35-21-6-8-33(32(41)42)30(39)25(38)31(40)34(21,47-19)48-33/h3-6,8,10-12,18,21,25-26,30-31,35-40H,7,9,13H2,1-2H3,(H,41,42). The number of aromatic hydroxyl groups is 1. The molecule has 3 aromatic carbocycles. The van der Waals surface area contributed by atoms with Crippen molar-refractivity contribution in [3.05, 3.63) is 65.2 Å². The number of carbonyl (C=O) groups is 1. The van der Waals surface area contributed by atoms with Crippen LogP contribution < -0.4 is 29.0 Å². The molecular formula is C34H33NO13. The van der Waals surface area contributed by atoms with Gasteiger partial charge < -0.3 is 64.4 Å². The van der Waals surface area contributed by atoms with E-state index in [2.05, 4.69) is 5.32 Å². The van der Waals surface area contributed by atoms with Gasteiger partial charge in [0.05, 0.1) is 26.7 Å². The van der Waals surface area contributed by atoms with Crippen LogP contribution in [0.2, 0.25) is 0 Å². The van der Waals surface area contributed by atoms with Gasteiger partial charge in [0, 0.05) is 17.7 Å². The first-order chi connectivity index (χ1) is 23.1. The Bertz CT molecular complexity index is 1880. The van der Waals surface area contributed by atoms with Crippen molar-refractivity contribution < 1.29 is 63.9 Å². The molecule has 1 fully saturated rings. The number of phenols is 1. The molecule has 5 heterocycles. The molecule has 0 amide bonds. The monoisotopic (exact) mass is 663 g/mol. The molecule has 3 aromatic rings. The number of hydrogen-bond donors (Lipinski definition) is 7. The number of ether oxygens (including phenoxy) is 6. The van der Waals surface area contributed by atoms with Crippen molar-refractivity contribution >= 4 is 11.7 Å². The SMILES string of the molecule is COc1cc(CCO)c2c(c1OC)OC1c3c(-c4cccc(O)c4)cc4c(c3OCC21)NC1C=CC2(C(=O)O)OC1(O4)C(O)C(O)C2O. The number of fused-ring (bicyclic) bond motifs is 8. The molecule has 5 aliphatic rings. The zero-order valence-electron chi connectivity index (χ0n) is 25.7. The van der Waals surface area contributed by atoms with E-state index in [0.29, 0.717) is 51.8 Å². The van der Waals surface area contributed by atoms with Crippen molar-refractivity contribution in [2.75, 3.05) is 32.8 Å². The van der Waals surface area contributed by atoms with Crippen molar-refractivity contribution in [2.24, 2.45) is 0 Å². The fraction of sp³-hybridized carbons (Fsp3) is 0.382. The maximum Gasteiger partial charge on any atom is 0.343 e. The molecule has 8 atom stereocenters. The number of aliphatic carboxylic acids is 1. The van der Waals surface area contributed by atoms with Crippen LogP contribution in [0.4, 0.5) is 5.69 Å². The number of anilines is 1. The second-order valence-electron chi connectivity index (χ2n) is 12.4. The molecule has 0 aromatic heterocycles. The fourth-order valence-corrected chi connectivity index (χ4v) is 7.72. The summed E-state index contributed by atoms with van der Waals surface area (Å²) in [4.78, 5) is 12.4. The molecule has 0 radical (unpaired) electrons. The van der Waals surface area contributed by atoms with E-state index in [1.54, 1.807) is 24.3 Å². The summed E-state index contributed by atoms with van der Waals surface area (Å²) in [6, 6.07) is 8.94. The van der Waals surface area contributed by atoms with E-state index >= 15 is 0 Å². The topological polar surface area (TPSA) is 206 Å². The lowest BCUT2D eigenvalue weighted by atomic mass is 9.76. The lowest BCUT2D eigenvalue weighted by molar-refractivity contribution is -0.356. The van der Waals surface area contributed by atoms with E-state index in [-0.39, 0.29) is 30.6 Å². The molecule has 1 saturated heterocycles. The van der Waals surface area contributed by atoms with Crippen LogP contribution in [0.5, 0.6) is 34.5 Å². The number of hydrogen-bond acceptors (Lipinski definition) is 13. The van der Waals surface area contributed by atoms with E-state index in [4.69, 9.17) is 28.4 Å². The molecule has 2 bridgehead atoms. The van der Waals surface area contributed by atoms with E-state index in [0.717, 1.165) is 17.2 Å². The van der Waals surface area contributed by atoms with Gasteiger partial charge in [-0.15, -0.1) is 0 Å². The Morgan fingerprint density at radius 3 is 2.58 bits per heavy atom. The fourth-order valence-electron chi connectivity index (χ4n) is 7.72. The Morgan fingerprint density at radius 2 is 1.88 bits per heavy atom. The Morgan fingerprint density at radius 1 is 1.06 bits per heavy atom. The summed E-state index contributed by atoms with van der Waals surface area (Å²) in [5, 5.41) is 66.5. The third-order valence-corrected chi connectivity index (χ3v) is 9.95. The van der Waals surface area contributed by atoms with Crippen LogP contribution in [0.15, 0.2) is 48.6 Å². The van der Waals surface area contributed by atoms with Gasteiger partial charge in [-0.2, -0.15) is 0 Å². The number of methoxy groups -OCH3 is 2. The van der Waals surface area contributed by atoms with Crippen LogP contribution in [0.25, 0.3) is 11.1 Å². The summed E-state index contributed by atoms with van der Waals surface area (Å²) in [6.07, 6.45) is -3.56. The minimum absolute atomic E-state index is 0.0102. The molecule has 7 N–H and O–H groups in total. The summed E-state index contributed by atoms with van der Waals surface area (Å²) in [7, 11) is 3.03. The van der Waals surface area contributed by atoms with E-state index in [1.165, 1.54) is 26.4 Å². The van der Waals surface area contributed by atoms with Gasteiger partial charge in [-0.25, -0.2) is 4.79 Å². The first kappa shape index (κ1) is 30.6. The van der Waals surface area contributed by atoms with Gasteiger partial charge in [0.2, 0.25) is 11.4 Å². The predicted octanol–water partition coefficient (Wildman–Crippen LogP) is 1.60. The summed E-state index contributed by atoms with van der Waals surface area (Å²) in [6.45, 7) is 0.0352. The number of phenolic OH excluding ortho intramolecular Hbond substituents is 1. The van der Waals surface area contributed by atoms with E-state index in [1.807, 2.05) is 6.07 Å². The smallest absolute Gasteiger partial charge is 0.343 e. The van der Waals surface area contributed by atoms with Crippen LogP contribution in [-0.4, -0.2) is 99.8 Å². The summed E-state index contributed by atoms with van der Waals surface area (Å²) >= 11 is 0. The second kappa shape index (κ2) is 10.6. The van der Waals surface area contributed by atoms with Crippen LogP contribution in [0.1, 0.15) is 28.7 Å². The summed E-state index contributed by atoms with van der Waals surface area (Å²) in [5.41, 5.74) is 1.27. The normalized spacial score (nSPS) is 31.7. The number of carboxylic acid groups (broad SMARTS) is 1. The Balaban J connectivity index is 1.32. The van der Waals surface area contributed by atoms with Crippen molar-refractivity contribution in [1.29, 1.82) is 0 Å². The minimum Gasteiger partial charge on any atom is -0.508 e. The number of aliphatic hydroxyl groups is 4. The van der Waals surface area contributed by atoms with Gasteiger partial charge in [0.15, 0.2) is 29.1 Å². The maximum atomic E-state index is 12.4. The molecule has 0 saturated carbocycles. The third kappa shape index (κ3) is 3.94. The van der Waals surface area contributed by atoms with Crippen molar-refractivity contribution in [3.8, 4) is 45.6 Å². The lowest BCUT2D eigenvalue weighted by Crippen LogP contribution is -2.79. The number of rotatable bonds is 6. The predicted molar refractivity (Wildman–Crippen MR) is 165 cm³/mol. The van der Waals surface area contributed by atoms with Crippen LogP contribution >= 0.6 is 0 Å². The van der Waals surface area contributed by atoms with Gasteiger partial charge in [-0.05, 0) is 53.5 Å². The Kier molecular flexibility index (Phi) is 6.78. The highest BCUT2D eigenvalue weighted by Crippen LogP contribution is 2.62. The zero-order valence-corrected chi connectivity index (χ0v) is 25.7. The summed E-state index contributed by atoms with van der Waals surface area (Å²) in [5.74, 6) is -2.36. The minimum atomic E-state index is -2.39. The van der Waals surface area contributed by atoms with Gasteiger partial charge in [0.1, 0.15) is 35.8 Å². The van der Waals surface area contributed by atoms with Crippen LogP contribution in [0, 0.1) is 0 Å². The second-order valence-corrected chi connectivity index (χ2v) is 12.4. The Hall–Kier alpha value is -4.73. The molecule has 8 rings (SSSR count). The molecule has 8 unspecified atom stereocenters. The maximum absolute atomic E-state index is 12.4. The summed E-state index contributed by atoms with van der Waals surface area (Å²) < 4.78 is 36.9. The average molecular weight is 664 g/mol. The largest absolute Gasteiger partial charge is 0.508 e. The highest BCUT2D eigenvalue weighted by molar-refractivity contribution is 5.85. The van der Waals surface area contributed by atoms with Crippen molar-refractivity contribution in [1.82, 2.24) is 0 Å². The highest BCUT2D eigenvalue weighted by Gasteiger charge is 2.70. The molecular weight excluding hydrogens is 630 g/mol. The van der Waals surface area contributed by atoms with Gasteiger partial charge >= 0.3 is 5.97 Å². The van der Waals surface area contributed by atoms with Gasteiger partial charge in [-0.1, -0.05) is 18.2 Å². The lowest BCUT2D eigenvalue weighted by Gasteiger charge is -2.57. The first-order valence-corrected chi connectivity index (χ1v) is 15.4. The van der Waals surface area contributed by atoms with Crippen molar-refractivity contribution in [3.63, 3.8) is 0 Å². The highest BCUT2D eigenvalue weighted by atomic mass is 16.7. The average Bonchev–Trinajstić information content (AvgIpc) is 3.48. The third-order valence-electron chi connectivity index (χ3n) is 9.95. The Labute approximate surface area is 273 Å². The number of nitrogens with one attached hydrogen (secondary N) is 1. The van der Waals surface area contributed by atoms with E-state index < -0.39 is 47.8 Å². The molecule has 252 valence electrons. The zero-order chi connectivity index (χ0) is 33.7. The molecule has 1 spiro atoms. The number of aliphatic hydroxyl groups excluding tert-OH is 4. The molecule has 0 aliphatic carbocycles. The van der Waals surface area contributed by atoms with Gasteiger partial charge in [0.25, 0.3) is 5.79 Å². The first-order valence-electron chi connectivity index (χ1n) is 15.4. The van der Waals surface area contributed by atoms with Crippen LogP contribution in [0.3, 0.4) is 0 Å². The number of carboxylic acids is 1. The molecule has 48 heavy (non-hydrogen) atoms. The molecule has 14 heteroatoms. The van der Waals surface area contributed by atoms with Crippen LogP contribution in [-0.2, 0) is 16.0 Å². The van der Waals surface area contributed by atoms with Crippen molar-refractivity contribution in [2.45, 2.75) is 54.2 Å². The van der Waals surface area contributed by atoms with Gasteiger partial charge in [-0.3, -0.25) is 0 Å². The molecule has 5 aliphatic heterocycles. The molecule has 14 nitrogen and oxygen atoms in total. The van der Waals surface area contributed by atoms with E-state index in [9.17, 15) is 35.4 Å². The number of benzene rings is 3.